The molecule has 17 nitrogen and oxygen atoms in total. The molecule has 9 aliphatic rings. The van der Waals surface area contributed by atoms with Crippen LogP contribution in [0, 0.1) is 71.0 Å². The third kappa shape index (κ3) is 23.1. The standard InChI is InChI=1S/C10H16O4.3C10H16.2C9H16N2O2.C9H15NO4/c1-4-5-9(11)13-6-7-14-10(12)8(2)3;3*1-2-9-7-4-5-8(6-7)10(9)3-1;2*1-5-10-9(13)11(6-2)8(12)7(3)4;1-4-10-9(12)14-6-5-13-8(11)7(2)3/h2,4-7H2,1,3H3;3*7-10H,1-6H2;2*3,5-6H2,1-2,4H3,(H,10,13);2,4-6H2,1,3H3,(H,10,12). The Kier molecular flexibility index (Phi) is 33.4. The Labute approximate surface area is 505 Å². The molecular formula is C67H111N5O12. The summed E-state index contributed by atoms with van der Waals surface area (Å²) in [6.07, 6.45) is 29.2. The number of amides is 7. The van der Waals surface area contributed by atoms with Gasteiger partial charge in [0.15, 0.2) is 0 Å². The fourth-order valence-corrected chi connectivity index (χ4v) is 15.0. The second-order valence-corrected chi connectivity index (χ2v) is 24.6. The number of nitrogens with zero attached hydrogens (tertiary/aromatic N) is 2. The molecule has 84 heavy (non-hydrogen) atoms. The highest BCUT2D eigenvalue weighted by atomic mass is 16.6. The van der Waals surface area contributed by atoms with E-state index in [0.29, 0.717) is 61.4 Å². The van der Waals surface area contributed by atoms with E-state index in [1.165, 1.54) is 71.0 Å². The predicted molar refractivity (Wildman–Crippen MR) is 330 cm³/mol. The molecule has 3 N–H and O–H groups in total. The van der Waals surface area contributed by atoms with Crippen molar-refractivity contribution in [2.75, 3.05) is 59.2 Å². The van der Waals surface area contributed by atoms with Gasteiger partial charge in [-0.3, -0.25) is 24.2 Å². The number of likely N-dealkylation sites (N-methyl/N-ethyl adjacent to an activating group) is 2. The lowest BCUT2D eigenvalue weighted by Gasteiger charge is -2.23. The van der Waals surface area contributed by atoms with Crippen LogP contribution in [-0.2, 0) is 42.9 Å². The zero-order valence-corrected chi connectivity index (χ0v) is 53.6. The molecule has 0 aromatic rings. The molecule has 476 valence electrons. The van der Waals surface area contributed by atoms with Crippen molar-refractivity contribution < 1.29 is 57.3 Å². The van der Waals surface area contributed by atoms with Gasteiger partial charge in [-0.05, 0) is 236 Å². The molecule has 6 bridgehead atoms. The molecular weight excluding hydrogens is 1070 g/mol. The third-order valence-electron chi connectivity index (χ3n) is 18.6. The van der Waals surface area contributed by atoms with Gasteiger partial charge in [0.1, 0.15) is 26.4 Å². The van der Waals surface area contributed by atoms with E-state index >= 15 is 0 Å². The Balaban J connectivity index is 0.000000257. The molecule has 0 aromatic heterocycles. The van der Waals surface area contributed by atoms with Crippen LogP contribution in [0.2, 0.25) is 0 Å². The molecule has 0 radical (unpaired) electrons. The van der Waals surface area contributed by atoms with Gasteiger partial charge in [-0.1, -0.05) is 52.5 Å². The first kappa shape index (κ1) is 72.8. The second-order valence-electron chi connectivity index (χ2n) is 24.6. The van der Waals surface area contributed by atoms with E-state index in [9.17, 15) is 38.4 Å². The molecule has 0 saturated heterocycles. The van der Waals surface area contributed by atoms with Crippen LogP contribution in [0.25, 0.3) is 0 Å². The van der Waals surface area contributed by atoms with Crippen molar-refractivity contribution in [3.63, 3.8) is 0 Å². The highest BCUT2D eigenvalue weighted by Gasteiger charge is 2.51. The van der Waals surface area contributed by atoms with Crippen molar-refractivity contribution in [3.8, 4) is 0 Å². The zero-order chi connectivity index (χ0) is 62.5. The van der Waals surface area contributed by atoms with E-state index in [-0.39, 0.29) is 56.3 Å². The summed E-state index contributed by atoms with van der Waals surface area (Å²) < 4.78 is 18.8. The Morgan fingerprint density at radius 3 is 0.929 bits per heavy atom. The molecule has 12 atom stereocenters. The smallest absolute Gasteiger partial charge is 0.407 e. The number of urea groups is 2. The maximum Gasteiger partial charge on any atom is 0.407 e. The maximum atomic E-state index is 11.4. The molecule has 0 aliphatic heterocycles. The van der Waals surface area contributed by atoms with Crippen LogP contribution in [0.1, 0.15) is 198 Å². The average molecular weight is 1180 g/mol. The number of hydrogen-bond acceptors (Lipinski definition) is 12. The average Bonchev–Trinajstić information content (AvgIpc) is 2.56. The summed E-state index contributed by atoms with van der Waals surface area (Å²) in [4.78, 5) is 90.8. The summed E-state index contributed by atoms with van der Waals surface area (Å²) in [5, 5.41) is 7.55. The number of alkyl carbamates (subject to hydrolysis) is 1. The summed E-state index contributed by atoms with van der Waals surface area (Å²) in [5.74, 6) is 12.5. The SMILES string of the molecule is C1CC2C3CCC(C3)C2C1.C1CC2C3CCC(C3)C2C1.C1CC2C3CCC(C3)C2C1.C=C(C)C(=O)N(CC)C(=O)NCC.C=C(C)C(=O)N(CC)C(=O)NCC.C=C(C)C(=O)OCCOC(=O)CCC.C=C(C)C(=O)OCCOC(=O)NCC. The summed E-state index contributed by atoms with van der Waals surface area (Å²) >= 11 is 0. The lowest BCUT2D eigenvalue weighted by atomic mass is 9.82. The van der Waals surface area contributed by atoms with Gasteiger partial charge in [0.25, 0.3) is 11.8 Å². The van der Waals surface area contributed by atoms with Crippen LogP contribution in [0.5, 0.6) is 0 Å². The van der Waals surface area contributed by atoms with Gasteiger partial charge < -0.3 is 34.9 Å². The lowest BCUT2D eigenvalue weighted by molar-refractivity contribution is -0.150. The minimum absolute atomic E-state index is 0.0445. The fourth-order valence-electron chi connectivity index (χ4n) is 15.0. The molecule has 12 unspecified atom stereocenters. The zero-order valence-electron chi connectivity index (χ0n) is 53.6. The number of carbonyl (C=O) groups excluding carboxylic acids is 8. The number of fused-ring (bicyclic) bond motifs is 15. The van der Waals surface area contributed by atoms with Crippen LogP contribution in [0.15, 0.2) is 48.6 Å². The van der Waals surface area contributed by atoms with Gasteiger partial charge >= 0.3 is 36.1 Å². The van der Waals surface area contributed by atoms with Gasteiger partial charge in [0, 0.05) is 61.4 Å². The highest BCUT2D eigenvalue weighted by Crippen LogP contribution is 2.60. The Morgan fingerprint density at radius 1 is 0.393 bits per heavy atom. The number of rotatable bonds is 17. The fraction of sp³-hybridized carbons (Fsp3) is 0.761. The van der Waals surface area contributed by atoms with Crippen LogP contribution < -0.4 is 16.0 Å². The van der Waals surface area contributed by atoms with Crippen molar-refractivity contribution in [3.05, 3.63) is 48.6 Å². The van der Waals surface area contributed by atoms with E-state index < -0.39 is 18.0 Å². The van der Waals surface area contributed by atoms with Crippen LogP contribution in [-0.4, -0.2) is 117 Å². The predicted octanol–water partition coefficient (Wildman–Crippen LogP) is 13.1. The summed E-state index contributed by atoms with van der Waals surface area (Å²) in [5.41, 5.74) is 1.40. The molecule has 9 aliphatic carbocycles. The second kappa shape index (κ2) is 38.5. The van der Waals surface area contributed by atoms with Crippen molar-refractivity contribution in [2.24, 2.45) is 71.0 Å². The highest BCUT2D eigenvalue weighted by molar-refractivity contribution is 6.03. The van der Waals surface area contributed by atoms with E-state index in [0.717, 1.165) is 16.2 Å². The quantitative estimate of drug-likeness (QED) is 0.0537. The number of ether oxygens (including phenoxy) is 4. The number of nitrogens with one attached hydrogen (secondary N) is 3. The van der Waals surface area contributed by atoms with Gasteiger partial charge in [-0.2, -0.15) is 0 Å². The number of carbonyl (C=O) groups is 8. The maximum absolute atomic E-state index is 11.4. The van der Waals surface area contributed by atoms with E-state index in [1.807, 2.05) is 6.92 Å². The molecule has 0 heterocycles. The van der Waals surface area contributed by atoms with Gasteiger partial charge in [0.2, 0.25) is 0 Å². The first-order valence-corrected chi connectivity index (χ1v) is 32.3. The van der Waals surface area contributed by atoms with Crippen molar-refractivity contribution >= 4 is 47.9 Å². The first-order chi connectivity index (χ1) is 40.1. The van der Waals surface area contributed by atoms with Crippen LogP contribution >= 0.6 is 0 Å². The largest absolute Gasteiger partial charge is 0.462 e. The van der Waals surface area contributed by atoms with Crippen molar-refractivity contribution in [2.45, 2.75) is 198 Å². The molecule has 17 heteroatoms. The third-order valence-corrected chi connectivity index (χ3v) is 18.6. The van der Waals surface area contributed by atoms with Crippen molar-refractivity contribution in [1.29, 1.82) is 0 Å². The molecule has 9 fully saturated rings. The number of esters is 3. The Morgan fingerprint density at radius 2 is 0.679 bits per heavy atom. The molecule has 7 amide bonds. The number of imide groups is 2. The van der Waals surface area contributed by atoms with Gasteiger partial charge in [-0.15, -0.1) is 0 Å². The Bertz CT molecular complexity index is 1970. The summed E-state index contributed by atoms with van der Waals surface area (Å²) in [7, 11) is 0. The molecule has 9 rings (SSSR count). The lowest BCUT2D eigenvalue weighted by Crippen LogP contribution is -2.43. The molecule has 9 saturated carbocycles. The van der Waals surface area contributed by atoms with Crippen LogP contribution in [0.4, 0.5) is 14.4 Å². The molecule has 0 aromatic carbocycles. The van der Waals surface area contributed by atoms with E-state index in [1.54, 1.807) is 178 Å². The van der Waals surface area contributed by atoms with Gasteiger partial charge in [-0.25, -0.2) is 24.0 Å². The summed E-state index contributed by atoms with van der Waals surface area (Å²) in [6.45, 7) is 33.4. The van der Waals surface area contributed by atoms with E-state index in [2.05, 4.69) is 51.7 Å². The minimum atomic E-state index is -0.515. The van der Waals surface area contributed by atoms with Crippen molar-refractivity contribution in [1.82, 2.24) is 25.8 Å². The van der Waals surface area contributed by atoms with E-state index in [4.69, 9.17) is 9.47 Å². The minimum Gasteiger partial charge on any atom is -0.462 e. The van der Waals surface area contributed by atoms with Crippen LogP contribution in [0.3, 0.4) is 0 Å². The summed E-state index contributed by atoms with van der Waals surface area (Å²) in [6, 6.07) is -0.726. The van der Waals surface area contributed by atoms with Gasteiger partial charge in [0.05, 0.1) is 0 Å². The first-order valence-electron chi connectivity index (χ1n) is 32.3. The normalized spacial score (nSPS) is 26.5. The topological polar surface area (TPSA) is 216 Å². The monoisotopic (exact) mass is 1180 g/mol. The molecule has 0 spiro atoms. The number of hydrogen-bond donors (Lipinski definition) is 3. The Hall–Kier alpha value is -5.48.